The molecule has 1 aromatic rings. The van der Waals surface area contributed by atoms with Gasteiger partial charge in [-0.25, -0.2) is 0 Å². The molecule has 1 saturated carbocycles. The van der Waals surface area contributed by atoms with Crippen molar-refractivity contribution in [3.63, 3.8) is 0 Å². The number of nitrogens with two attached hydrogens (primary N) is 1. The maximum absolute atomic E-state index is 12.5. The highest BCUT2D eigenvalue weighted by Gasteiger charge is 2.35. The zero-order valence-electron chi connectivity index (χ0n) is 12.1. The fourth-order valence-electron chi connectivity index (χ4n) is 2.26. The molecule has 3 nitrogen and oxygen atoms in total. The Hall–Kier alpha value is -1.35. The Balaban J connectivity index is 2.10. The van der Waals surface area contributed by atoms with E-state index >= 15 is 0 Å². The Morgan fingerprint density at radius 1 is 1.42 bits per heavy atom. The van der Waals surface area contributed by atoms with Crippen molar-refractivity contribution < 1.29 is 4.79 Å². The molecule has 1 atom stereocenters. The first-order valence-electron chi connectivity index (χ1n) is 7.10. The van der Waals surface area contributed by atoms with Crippen LogP contribution in [0.1, 0.15) is 37.8 Å². The number of hydrogen-bond acceptors (Lipinski definition) is 2. The van der Waals surface area contributed by atoms with Gasteiger partial charge in [0.05, 0.1) is 6.04 Å². The summed E-state index contributed by atoms with van der Waals surface area (Å²) < 4.78 is 0. The van der Waals surface area contributed by atoms with Gasteiger partial charge in [0, 0.05) is 12.6 Å². The Kier molecular flexibility index (Phi) is 4.25. The Bertz CT molecular complexity index is 452. The number of nitrogens with zero attached hydrogens (tertiary/aromatic N) is 1. The number of benzene rings is 1. The maximum atomic E-state index is 12.5. The highest BCUT2D eigenvalue weighted by Crippen LogP contribution is 2.29. The van der Waals surface area contributed by atoms with Crippen molar-refractivity contribution in [2.45, 2.75) is 52.2 Å². The Morgan fingerprint density at radius 3 is 2.63 bits per heavy atom. The molecule has 19 heavy (non-hydrogen) atoms. The van der Waals surface area contributed by atoms with Gasteiger partial charge in [-0.15, -0.1) is 0 Å². The molecule has 0 bridgehead atoms. The SMILES string of the molecule is Cc1cccc(CN(C(=O)[C@@H](N)C(C)C)C2CC2)c1. The van der Waals surface area contributed by atoms with Crippen LogP contribution < -0.4 is 5.73 Å². The van der Waals surface area contributed by atoms with E-state index in [1.54, 1.807) is 0 Å². The molecular weight excluding hydrogens is 236 g/mol. The maximum Gasteiger partial charge on any atom is 0.240 e. The van der Waals surface area contributed by atoms with Crippen LogP contribution in [-0.4, -0.2) is 22.9 Å². The van der Waals surface area contributed by atoms with Crippen LogP contribution in [0.2, 0.25) is 0 Å². The lowest BCUT2D eigenvalue weighted by atomic mass is 10.0. The monoisotopic (exact) mass is 260 g/mol. The molecule has 1 fully saturated rings. The number of hydrogen-bond donors (Lipinski definition) is 1. The molecule has 1 aliphatic carbocycles. The molecule has 0 spiro atoms. The predicted octanol–water partition coefficient (Wildman–Crippen LogP) is 2.47. The summed E-state index contributed by atoms with van der Waals surface area (Å²) in [6.45, 7) is 6.76. The average molecular weight is 260 g/mol. The molecule has 1 aliphatic rings. The quantitative estimate of drug-likeness (QED) is 0.884. The van der Waals surface area contributed by atoms with Crippen molar-refractivity contribution in [1.82, 2.24) is 4.90 Å². The zero-order chi connectivity index (χ0) is 14.0. The second kappa shape index (κ2) is 5.74. The zero-order valence-corrected chi connectivity index (χ0v) is 12.1. The predicted molar refractivity (Wildman–Crippen MR) is 77.6 cm³/mol. The van der Waals surface area contributed by atoms with Crippen molar-refractivity contribution in [2.24, 2.45) is 11.7 Å². The van der Waals surface area contributed by atoms with E-state index in [9.17, 15) is 4.79 Å². The van der Waals surface area contributed by atoms with Gasteiger partial charge in [-0.2, -0.15) is 0 Å². The van der Waals surface area contributed by atoms with E-state index < -0.39 is 0 Å². The van der Waals surface area contributed by atoms with Crippen LogP contribution in [0.25, 0.3) is 0 Å². The summed E-state index contributed by atoms with van der Waals surface area (Å²) in [6.07, 6.45) is 2.23. The highest BCUT2D eigenvalue weighted by molar-refractivity contribution is 5.82. The molecule has 3 heteroatoms. The molecule has 104 valence electrons. The van der Waals surface area contributed by atoms with Crippen LogP contribution in [0, 0.1) is 12.8 Å². The second-order valence-corrected chi connectivity index (χ2v) is 5.96. The number of carbonyl (C=O) groups is 1. The molecule has 1 amide bonds. The summed E-state index contributed by atoms with van der Waals surface area (Å²) in [5.74, 6) is 0.283. The average Bonchev–Trinajstić information content (AvgIpc) is 3.18. The fraction of sp³-hybridized carbons (Fsp3) is 0.562. The summed E-state index contributed by atoms with van der Waals surface area (Å²) >= 11 is 0. The van der Waals surface area contributed by atoms with Crippen LogP contribution in [0.5, 0.6) is 0 Å². The Morgan fingerprint density at radius 2 is 2.11 bits per heavy atom. The molecule has 0 unspecified atom stereocenters. The molecular formula is C16H24N2O. The van der Waals surface area contributed by atoms with Crippen LogP contribution in [-0.2, 0) is 11.3 Å². The van der Waals surface area contributed by atoms with Gasteiger partial charge < -0.3 is 10.6 Å². The van der Waals surface area contributed by atoms with E-state index in [1.807, 2.05) is 24.8 Å². The lowest BCUT2D eigenvalue weighted by Gasteiger charge is -2.27. The van der Waals surface area contributed by atoms with Crippen molar-refractivity contribution in [1.29, 1.82) is 0 Å². The molecule has 0 aromatic heterocycles. The normalized spacial score (nSPS) is 16.5. The summed E-state index contributed by atoms with van der Waals surface area (Å²) in [5, 5.41) is 0. The third-order valence-corrected chi connectivity index (χ3v) is 3.71. The molecule has 0 radical (unpaired) electrons. The molecule has 0 saturated heterocycles. The molecule has 2 rings (SSSR count). The van der Waals surface area contributed by atoms with Crippen LogP contribution in [0.3, 0.4) is 0 Å². The van der Waals surface area contributed by atoms with Gasteiger partial charge in [-0.05, 0) is 31.2 Å². The highest BCUT2D eigenvalue weighted by atomic mass is 16.2. The molecule has 0 heterocycles. The van der Waals surface area contributed by atoms with Gasteiger partial charge in [0.2, 0.25) is 5.91 Å². The largest absolute Gasteiger partial charge is 0.334 e. The van der Waals surface area contributed by atoms with Gasteiger partial charge in [0.15, 0.2) is 0 Å². The summed E-state index contributed by atoms with van der Waals surface area (Å²) in [5.41, 5.74) is 8.44. The molecule has 0 aliphatic heterocycles. The molecule has 1 aromatic carbocycles. The number of amides is 1. The third-order valence-electron chi connectivity index (χ3n) is 3.71. The number of aryl methyl sites for hydroxylation is 1. The van der Waals surface area contributed by atoms with E-state index in [0.29, 0.717) is 12.6 Å². The summed E-state index contributed by atoms with van der Waals surface area (Å²) in [4.78, 5) is 14.4. The summed E-state index contributed by atoms with van der Waals surface area (Å²) in [7, 11) is 0. The summed E-state index contributed by atoms with van der Waals surface area (Å²) in [6, 6.07) is 8.36. The van der Waals surface area contributed by atoms with Gasteiger partial charge in [-0.1, -0.05) is 43.7 Å². The molecule has 2 N–H and O–H groups in total. The minimum Gasteiger partial charge on any atom is -0.334 e. The van der Waals surface area contributed by atoms with Crippen LogP contribution >= 0.6 is 0 Å². The van der Waals surface area contributed by atoms with Gasteiger partial charge in [0.25, 0.3) is 0 Å². The van der Waals surface area contributed by atoms with Gasteiger partial charge >= 0.3 is 0 Å². The lowest BCUT2D eigenvalue weighted by molar-refractivity contribution is -0.134. The van der Waals surface area contributed by atoms with E-state index in [1.165, 1.54) is 11.1 Å². The van der Waals surface area contributed by atoms with Crippen molar-refractivity contribution in [3.05, 3.63) is 35.4 Å². The third kappa shape index (κ3) is 3.57. The standard InChI is InChI=1S/C16H24N2O/c1-11(2)15(17)16(19)18(14-7-8-14)10-13-6-4-5-12(3)9-13/h4-6,9,11,14-15H,7-8,10,17H2,1-3H3/t15-/m0/s1. The second-order valence-electron chi connectivity index (χ2n) is 5.96. The first kappa shape index (κ1) is 14.1. The van der Waals surface area contributed by atoms with Crippen molar-refractivity contribution >= 4 is 5.91 Å². The van der Waals surface area contributed by atoms with Crippen LogP contribution in [0.15, 0.2) is 24.3 Å². The van der Waals surface area contributed by atoms with Crippen molar-refractivity contribution in [3.8, 4) is 0 Å². The first-order chi connectivity index (χ1) is 8.99. The minimum atomic E-state index is -0.384. The Labute approximate surface area is 115 Å². The minimum absolute atomic E-state index is 0.0963. The van der Waals surface area contributed by atoms with Crippen LogP contribution in [0.4, 0.5) is 0 Å². The van der Waals surface area contributed by atoms with E-state index in [-0.39, 0.29) is 17.9 Å². The topological polar surface area (TPSA) is 46.3 Å². The number of carbonyl (C=O) groups excluding carboxylic acids is 1. The van der Waals surface area contributed by atoms with Crippen molar-refractivity contribution in [2.75, 3.05) is 0 Å². The van der Waals surface area contributed by atoms with Gasteiger partial charge in [0.1, 0.15) is 0 Å². The number of rotatable bonds is 5. The first-order valence-corrected chi connectivity index (χ1v) is 7.10. The van der Waals surface area contributed by atoms with E-state index in [2.05, 4.69) is 25.1 Å². The van der Waals surface area contributed by atoms with E-state index in [0.717, 1.165) is 12.8 Å². The lowest BCUT2D eigenvalue weighted by Crippen LogP contribution is -2.47. The van der Waals surface area contributed by atoms with E-state index in [4.69, 9.17) is 5.73 Å². The smallest absolute Gasteiger partial charge is 0.240 e. The van der Waals surface area contributed by atoms with Gasteiger partial charge in [-0.3, -0.25) is 4.79 Å². The fourth-order valence-corrected chi connectivity index (χ4v) is 2.26.